The van der Waals surface area contributed by atoms with Crippen LogP contribution in [0.15, 0.2) is 24.3 Å². The summed E-state index contributed by atoms with van der Waals surface area (Å²) in [5.74, 6) is -0.387. The summed E-state index contributed by atoms with van der Waals surface area (Å²) in [5, 5.41) is 21.3. The van der Waals surface area contributed by atoms with E-state index >= 15 is 0 Å². The van der Waals surface area contributed by atoms with E-state index in [0.717, 1.165) is 12.8 Å². The maximum atomic E-state index is 12.1. The smallest absolute Gasteiger partial charge is 0.202 e. The molecule has 2 bridgehead atoms. The van der Waals surface area contributed by atoms with Gasteiger partial charge < -0.3 is 10.2 Å². The molecule has 2 atom stereocenters. The summed E-state index contributed by atoms with van der Waals surface area (Å²) in [5.41, 5.74) is 2.30. The molecule has 5 rings (SSSR count). The number of aromatic hydroxyl groups is 2. The molecular formula is C18H17NO4. The summed E-state index contributed by atoms with van der Waals surface area (Å²) in [4.78, 5) is 23.7. The maximum Gasteiger partial charge on any atom is 0.202 e. The molecule has 23 heavy (non-hydrogen) atoms. The number of benzene rings is 1. The molecule has 5 heteroatoms. The highest BCUT2D eigenvalue weighted by Crippen LogP contribution is 2.55. The van der Waals surface area contributed by atoms with Crippen LogP contribution in [0.1, 0.15) is 59.5 Å². The normalized spacial score (nSPS) is 22.2. The number of hydrogen-bond acceptors (Lipinski definition) is 4. The lowest BCUT2D eigenvalue weighted by atomic mass is 9.67. The Morgan fingerprint density at radius 3 is 2.61 bits per heavy atom. The lowest BCUT2D eigenvalue weighted by Gasteiger charge is -2.34. The SMILES string of the molecule is CC(=O)c1cccc(-n2c(O)c3c(c2O)[C@@H]2CC[C@H]3CC2=O)c1. The highest BCUT2D eigenvalue weighted by molar-refractivity contribution is 5.95. The molecule has 5 nitrogen and oxygen atoms in total. The first kappa shape index (κ1) is 14.1. The first-order chi connectivity index (χ1) is 11.0. The molecule has 2 N–H and O–H groups in total. The van der Waals surface area contributed by atoms with Gasteiger partial charge in [-0.15, -0.1) is 0 Å². The quantitative estimate of drug-likeness (QED) is 0.836. The molecular weight excluding hydrogens is 294 g/mol. The van der Waals surface area contributed by atoms with Gasteiger partial charge in [0, 0.05) is 29.0 Å². The van der Waals surface area contributed by atoms with Crippen molar-refractivity contribution in [3.63, 3.8) is 0 Å². The molecule has 1 aromatic heterocycles. The first-order valence-corrected chi connectivity index (χ1v) is 7.79. The monoisotopic (exact) mass is 311 g/mol. The van der Waals surface area contributed by atoms with Gasteiger partial charge in [-0.1, -0.05) is 12.1 Å². The van der Waals surface area contributed by atoms with Gasteiger partial charge in [-0.05, 0) is 37.8 Å². The summed E-state index contributed by atoms with van der Waals surface area (Å²) < 4.78 is 1.35. The molecule has 0 unspecified atom stereocenters. The Balaban J connectivity index is 1.94. The molecule has 0 spiro atoms. The van der Waals surface area contributed by atoms with Crippen molar-refractivity contribution in [3.8, 4) is 17.4 Å². The van der Waals surface area contributed by atoms with Gasteiger partial charge in [-0.2, -0.15) is 0 Å². The fourth-order valence-corrected chi connectivity index (χ4v) is 4.00. The topological polar surface area (TPSA) is 79.5 Å². The van der Waals surface area contributed by atoms with Crippen LogP contribution in [0.4, 0.5) is 0 Å². The van der Waals surface area contributed by atoms with Crippen LogP contribution in [0.3, 0.4) is 0 Å². The van der Waals surface area contributed by atoms with Crippen LogP contribution < -0.4 is 0 Å². The van der Waals surface area contributed by atoms with E-state index in [2.05, 4.69) is 0 Å². The Morgan fingerprint density at radius 1 is 1.17 bits per heavy atom. The summed E-state index contributed by atoms with van der Waals surface area (Å²) in [6.07, 6.45) is 2.01. The summed E-state index contributed by atoms with van der Waals surface area (Å²) >= 11 is 0. The van der Waals surface area contributed by atoms with Gasteiger partial charge in [0.05, 0.1) is 5.69 Å². The second-order valence-corrected chi connectivity index (χ2v) is 6.41. The van der Waals surface area contributed by atoms with Gasteiger partial charge >= 0.3 is 0 Å². The highest BCUT2D eigenvalue weighted by Gasteiger charge is 2.45. The molecule has 1 heterocycles. The molecule has 0 saturated heterocycles. The first-order valence-electron chi connectivity index (χ1n) is 7.79. The third-order valence-corrected chi connectivity index (χ3v) is 5.10. The van der Waals surface area contributed by atoms with Crippen molar-refractivity contribution in [3.05, 3.63) is 41.0 Å². The van der Waals surface area contributed by atoms with Crippen molar-refractivity contribution < 1.29 is 19.8 Å². The minimum absolute atomic E-state index is 0.0135. The lowest BCUT2D eigenvalue weighted by Crippen LogP contribution is -2.28. The third-order valence-electron chi connectivity index (χ3n) is 5.10. The molecule has 0 aliphatic heterocycles. The Morgan fingerprint density at radius 2 is 1.91 bits per heavy atom. The van der Waals surface area contributed by atoms with Crippen LogP contribution in [0.2, 0.25) is 0 Å². The van der Waals surface area contributed by atoms with Gasteiger partial charge in [-0.3, -0.25) is 14.2 Å². The summed E-state index contributed by atoms with van der Waals surface area (Å²) in [7, 11) is 0. The number of fused-ring (bicyclic) bond motifs is 2. The second-order valence-electron chi connectivity index (χ2n) is 6.41. The van der Waals surface area contributed by atoms with Gasteiger partial charge in [0.15, 0.2) is 5.78 Å². The molecule has 0 amide bonds. The number of ketones is 2. The van der Waals surface area contributed by atoms with Crippen LogP contribution in [0.25, 0.3) is 5.69 Å². The van der Waals surface area contributed by atoms with Crippen LogP contribution in [-0.2, 0) is 4.79 Å². The Bertz CT molecular complexity index is 849. The zero-order valence-corrected chi connectivity index (χ0v) is 12.7. The van der Waals surface area contributed by atoms with Gasteiger partial charge in [0.25, 0.3) is 0 Å². The van der Waals surface area contributed by atoms with E-state index in [0.29, 0.717) is 28.8 Å². The molecule has 1 fully saturated rings. The largest absolute Gasteiger partial charge is 0.494 e. The van der Waals surface area contributed by atoms with Crippen molar-refractivity contribution in [2.45, 2.75) is 38.0 Å². The predicted octanol–water partition coefficient (Wildman–Crippen LogP) is 3.02. The van der Waals surface area contributed by atoms with E-state index < -0.39 is 0 Å². The van der Waals surface area contributed by atoms with Crippen LogP contribution in [0, 0.1) is 0 Å². The Labute approximate surface area is 133 Å². The lowest BCUT2D eigenvalue weighted by molar-refractivity contribution is -0.123. The standard InChI is InChI=1S/C18H17NO4/c1-9(20)10-3-2-4-12(7-10)19-17(22)15-11-5-6-13(14(21)8-11)16(15)18(19)23/h2-4,7,11,13,22-23H,5-6,8H2,1H3/t11-,13+/m0/s1. The fraction of sp³-hybridized carbons (Fsp3) is 0.333. The van der Waals surface area contributed by atoms with Crippen molar-refractivity contribution in [2.75, 3.05) is 0 Å². The number of rotatable bonds is 2. The van der Waals surface area contributed by atoms with E-state index in [-0.39, 0.29) is 35.2 Å². The van der Waals surface area contributed by atoms with Crippen LogP contribution in [0.5, 0.6) is 11.8 Å². The molecule has 118 valence electrons. The second kappa shape index (κ2) is 4.72. The van der Waals surface area contributed by atoms with Crippen molar-refractivity contribution in [1.82, 2.24) is 4.57 Å². The maximum absolute atomic E-state index is 12.1. The fourth-order valence-electron chi connectivity index (χ4n) is 4.00. The van der Waals surface area contributed by atoms with E-state index in [1.54, 1.807) is 24.3 Å². The van der Waals surface area contributed by atoms with Crippen LogP contribution >= 0.6 is 0 Å². The molecule has 3 aliphatic carbocycles. The zero-order valence-electron chi connectivity index (χ0n) is 12.7. The van der Waals surface area contributed by atoms with Crippen molar-refractivity contribution in [1.29, 1.82) is 0 Å². The molecule has 0 radical (unpaired) electrons. The van der Waals surface area contributed by atoms with Crippen molar-refractivity contribution >= 4 is 11.6 Å². The Hall–Kier alpha value is -2.56. The average molecular weight is 311 g/mol. The number of carbonyl (C=O) groups is 2. The van der Waals surface area contributed by atoms with Gasteiger partial charge in [0.2, 0.25) is 11.8 Å². The summed E-state index contributed by atoms with van der Waals surface area (Å²) in [6.45, 7) is 1.47. The molecule has 3 aliphatic rings. The average Bonchev–Trinajstić information content (AvgIpc) is 2.81. The number of carbonyl (C=O) groups excluding carboxylic acids is 2. The van der Waals surface area contributed by atoms with Crippen LogP contribution in [-0.4, -0.2) is 26.3 Å². The van der Waals surface area contributed by atoms with E-state index in [9.17, 15) is 19.8 Å². The third kappa shape index (κ3) is 1.86. The zero-order chi connectivity index (χ0) is 16.3. The minimum Gasteiger partial charge on any atom is -0.494 e. The highest BCUT2D eigenvalue weighted by atomic mass is 16.3. The van der Waals surface area contributed by atoms with Crippen molar-refractivity contribution in [2.24, 2.45) is 0 Å². The predicted molar refractivity (Wildman–Crippen MR) is 83.4 cm³/mol. The van der Waals surface area contributed by atoms with E-state index in [4.69, 9.17) is 0 Å². The van der Waals surface area contributed by atoms with E-state index in [1.165, 1.54) is 11.5 Å². The van der Waals surface area contributed by atoms with Gasteiger partial charge in [0.1, 0.15) is 5.78 Å². The molecule has 2 aromatic rings. The molecule has 1 saturated carbocycles. The number of hydrogen-bond donors (Lipinski definition) is 2. The Kier molecular flexibility index (Phi) is 2.88. The number of aromatic nitrogens is 1. The van der Waals surface area contributed by atoms with Gasteiger partial charge in [-0.25, -0.2) is 0 Å². The number of nitrogens with zero attached hydrogens (tertiary/aromatic N) is 1. The summed E-state index contributed by atoms with van der Waals surface area (Å²) in [6, 6.07) is 6.76. The molecule has 1 aromatic carbocycles. The van der Waals surface area contributed by atoms with E-state index in [1.807, 2.05) is 0 Å². The minimum atomic E-state index is -0.321. The number of Topliss-reactive ketones (excluding diaryl/α,β-unsaturated/α-hetero) is 2.